The molecule has 0 atom stereocenters. The van der Waals surface area contributed by atoms with Crippen molar-refractivity contribution in [2.75, 3.05) is 13.6 Å². The van der Waals surface area contributed by atoms with Crippen LogP contribution in [0.5, 0.6) is 23.0 Å². The van der Waals surface area contributed by atoms with Crippen molar-refractivity contribution in [1.29, 1.82) is 0 Å². The molecule has 210 valence electrons. The molecule has 4 aromatic rings. The average Bonchev–Trinajstić information content (AvgIpc) is 3.76. The fraction of sp³-hybridized carbons (Fsp3) is 0.0769. The molecule has 2 N–H and O–H groups in total. The highest BCUT2D eigenvalue weighted by Crippen LogP contribution is 2.32. The van der Waals surface area contributed by atoms with E-state index in [9.17, 15) is 19.7 Å². The molecule has 2 aliphatic rings. The second kappa shape index (κ2) is 11.0. The van der Waals surface area contributed by atoms with Crippen molar-refractivity contribution in [1.82, 2.24) is 25.8 Å². The number of nitro benzene ring substituents is 1. The maximum atomic E-state index is 13.3. The molecule has 6 rings (SSSR count). The number of carbonyl (C=O) groups is 2. The Balaban J connectivity index is 1.24. The summed E-state index contributed by atoms with van der Waals surface area (Å²) in [6.45, 7) is 0.223. The highest BCUT2D eigenvalue weighted by atomic mass is 16.7. The molecule has 3 heterocycles. The van der Waals surface area contributed by atoms with Crippen LogP contribution in [0.4, 0.5) is 5.69 Å². The number of hydrogen-bond donors (Lipinski definition) is 2. The van der Waals surface area contributed by atoms with Crippen molar-refractivity contribution in [2.24, 2.45) is 10.2 Å². The minimum Gasteiger partial charge on any atom is -0.454 e. The summed E-state index contributed by atoms with van der Waals surface area (Å²) in [6, 6.07) is 15.4. The average molecular weight is 570 g/mol. The summed E-state index contributed by atoms with van der Waals surface area (Å²) in [5.74, 6) is 0.579. The van der Waals surface area contributed by atoms with Gasteiger partial charge in [0.15, 0.2) is 34.4 Å². The van der Waals surface area contributed by atoms with Gasteiger partial charge in [0.05, 0.1) is 23.0 Å². The predicted octanol–water partition coefficient (Wildman–Crippen LogP) is 2.16. The normalized spacial score (nSPS) is 13.0. The van der Waals surface area contributed by atoms with Crippen molar-refractivity contribution in [3.63, 3.8) is 0 Å². The third-order valence-corrected chi connectivity index (χ3v) is 5.96. The molecule has 0 radical (unpaired) electrons. The van der Waals surface area contributed by atoms with Gasteiger partial charge >= 0.3 is 0 Å². The number of rotatable bonds is 8. The first kappa shape index (κ1) is 25.9. The Kier molecular flexibility index (Phi) is 6.82. The predicted molar refractivity (Wildman–Crippen MR) is 143 cm³/mol. The Bertz CT molecular complexity index is 1770. The first-order valence-electron chi connectivity index (χ1n) is 12.1. The van der Waals surface area contributed by atoms with Gasteiger partial charge in [-0.25, -0.2) is 15.5 Å². The molecule has 0 aliphatic carbocycles. The first-order valence-corrected chi connectivity index (χ1v) is 12.1. The molecular formula is C26H18N8O8. The third-order valence-electron chi connectivity index (χ3n) is 5.96. The van der Waals surface area contributed by atoms with Gasteiger partial charge in [-0.05, 0) is 59.7 Å². The van der Waals surface area contributed by atoms with Gasteiger partial charge in [0.1, 0.15) is 0 Å². The molecular weight excluding hydrogens is 552 g/mol. The zero-order valence-electron chi connectivity index (χ0n) is 21.3. The van der Waals surface area contributed by atoms with Crippen molar-refractivity contribution < 1.29 is 33.5 Å². The van der Waals surface area contributed by atoms with Crippen LogP contribution in [0.2, 0.25) is 0 Å². The van der Waals surface area contributed by atoms with Crippen LogP contribution in [0.25, 0.3) is 5.69 Å². The Hall–Kier alpha value is -6.32. The van der Waals surface area contributed by atoms with Crippen LogP contribution >= 0.6 is 0 Å². The van der Waals surface area contributed by atoms with E-state index in [1.54, 1.807) is 36.4 Å². The quantitative estimate of drug-likeness (QED) is 0.180. The number of hydrogen-bond acceptors (Lipinski definition) is 12. The highest BCUT2D eigenvalue weighted by molar-refractivity contribution is 6.05. The summed E-state index contributed by atoms with van der Waals surface area (Å²) in [6.07, 6.45) is 2.74. The molecule has 16 heteroatoms. The van der Waals surface area contributed by atoms with E-state index in [-0.39, 0.29) is 36.3 Å². The van der Waals surface area contributed by atoms with Gasteiger partial charge in [-0.2, -0.15) is 10.2 Å². The Morgan fingerprint density at radius 2 is 1.36 bits per heavy atom. The maximum Gasteiger partial charge on any atom is 0.294 e. The van der Waals surface area contributed by atoms with Gasteiger partial charge in [-0.1, -0.05) is 5.21 Å². The lowest BCUT2D eigenvalue weighted by Gasteiger charge is -2.06. The van der Waals surface area contributed by atoms with E-state index in [1.807, 2.05) is 0 Å². The molecule has 2 amide bonds. The lowest BCUT2D eigenvalue weighted by Crippen LogP contribution is -2.27. The summed E-state index contributed by atoms with van der Waals surface area (Å²) in [5.41, 5.74) is 5.29. The van der Waals surface area contributed by atoms with E-state index < -0.39 is 16.7 Å². The SMILES string of the molecule is O=C(NN=Cc1ccc2c(c1)OCO2)c1nnn(-c2ccc([N+](=O)[O-])cc2)c1C(=O)NN=Cc1ccc2c(c1)OCO2. The number of nitrogens with one attached hydrogen (secondary N) is 2. The van der Waals surface area contributed by atoms with Gasteiger partial charge in [0.25, 0.3) is 17.5 Å². The van der Waals surface area contributed by atoms with Crippen LogP contribution < -0.4 is 29.8 Å². The molecule has 0 unspecified atom stereocenters. The van der Waals surface area contributed by atoms with Crippen molar-refractivity contribution in [3.05, 3.63) is 93.3 Å². The van der Waals surface area contributed by atoms with Gasteiger partial charge in [-0.15, -0.1) is 5.10 Å². The molecule has 0 bridgehead atoms. The molecule has 0 saturated carbocycles. The molecule has 2 aliphatic heterocycles. The number of fused-ring (bicyclic) bond motifs is 2. The largest absolute Gasteiger partial charge is 0.454 e. The van der Waals surface area contributed by atoms with E-state index in [0.29, 0.717) is 34.1 Å². The summed E-state index contributed by atoms with van der Waals surface area (Å²) < 4.78 is 22.3. The fourth-order valence-electron chi connectivity index (χ4n) is 3.96. The number of benzene rings is 3. The zero-order valence-corrected chi connectivity index (χ0v) is 21.3. The number of amides is 2. The van der Waals surface area contributed by atoms with Crippen molar-refractivity contribution in [2.45, 2.75) is 0 Å². The molecule has 0 fully saturated rings. The second-order valence-corrected chi connectivity index (χ2v) is 8.60. The zero-order chi connectivity index (χ0) is 29.1. The van der Waals surface area contributed by atoms with E-state index in [1.165, 1.54) is 36.7 Å². The summed E-state index contributed by atoms with van der Waals surface area (Å²) in [4.78, 5) is 36.8. The Morgan fingerprint density at radius 1 is 0.810 bits per heavy atom. The fourth-order valence-corrected chi connectivity index (χ4v) is 3.96. The minimum atomic E-state index is -0.843. The van der Waals surface area contributed by atoms with Crippen LogP contribution in [0.3, 0.4) is 0 Å². The van der Waals surface area contributed by atoms with E-state index in [0.717, 1.165) is 4.68 Å². The summed E-state index contributed by atoms with van der Waals surface area (Å²) in [5, 5.41) is 26.8. The van der Waals surface area contributed by atoms with E-state index >= 15 is 0 Å². The smallest absolute Gasteiger partial charge is 0.294 e. The monoisotopic (exact) mass is 570 g/mol. The van der Waals surface area contributed by atoms with E-state index in [2.05, 4.69) is 31.4 Å². The number of nitrogens with zero attached hydrogens (tertiary/aromatic N) is 6. The molecule has 0 saturated heterocycles. The van der Waals surface area contributed by atoms with Gasteiger partial charge in [0.2, 0.25) is 13.6 Å². The number of nitro groups is 1. The van der Waals surface area contributed by atoms with Gasteiger partial charge in [0, 0.05) is 12.1 Å². The maximum absolute atomic E-state index is 13.3. The molecule has 0 spiro atoms. The van der Waals surface area contributed by atoms with Crippen LogP contribution in [0.15, 0.2) is 70.9 Å². The van der Waals surface area contributed by atoms with Crippen LogP contribution in [-0.4, -0.2) is 57.7 Å². The van der Waals surface area contributed by atoms with Crippen LogP contribution in [-0.2, 0) is 0 Å². The standard InChI is InChI=1S/C26H18N8O8/c35-25(30-27-11-15-1-7-19-21(9-15)41-13-39-19)23-24(33(32-29-23)17-3-5-18(6-4-17)34(37)38)26(36)31-28-12-16-2-8-20-22(10-16)42-14-40-20/h1-12H,13-14H2,(H,30,35)(H,31,36). The molecule has 16 nitrogen and oxygen atoms in total. The summed E-state index contributed by atoms with van der Waals surface area (Å²) in [7, 11) is 0. The Morgan fingerprint density at radius 3 is 1.93 bits per heavy atom. The van der Waals surface area contributed by atoms with E-state index in [4.69, 9.17) is 18.9 Å². The number of hydrazone groups is 2. The topological polar surface area (TPSA) is 194 Å². The molecule has 3 aromatic carbocycles. The molecule has 42 heavy (non-hydrogen) atoms. The number of carbonyl (C=O) groups excluding carboxylic acids is 2. The number of ether oxygens (including phenoxy) is 4. The third kappa shape index (κ3) is 5.26. The molecule has 1 aromatic heterocycles. The lowest BCUT2D eigenvalue weighted by atomic mass is 10.2. The first-order chi connectivity index (χ1) is 20.5. The summed E-state index contributed by atoms with van der Waals surface area (Å²) >= 11 is 0. The number of aromatic nitrogens is 3. The second-order valence-electron chi connectivity index (χ2n) is 8.60. The van der Waals surface area contributed by atoms with Gasteiger partial charge < -0.3 is 18.9 Å². The Labute approximate surface area is 235 Å². The van der Waals surface area contributed by atoms with Gasteiger partial charge in [-0.3, -0.25) is 19.7 Å². The van der Waals surface area contributed by atoms with Crippen LogP contribution in [0.1, 0.15) is 32.1 Å². The lowest BCUT2D eigenvalue weighted by molar-refractivity contribution is -0.384. The number of non-ortho nitro benzene ring substituents is 1. The van der Waals surface area contributed by atoms with Crippen LogP contribution in [0, 0.1) is 10.1 Å². The highest BCUT2D eigenvalue weighted by Gasteiger charge is 2.27. The van der Waals surface area contributed by atoms with Crippen molar-refractivity contribution >= 4 is 29.9 Å². The van der Waals surface area contributed by atoms with Crippen molar-refractivity contribution in [3.8, 4) is 28.7 Å². The minimum absolute atomic E-state index is 0.109.